The molecule has 0 saturated heterocycles. The maximum atomic E-state index is 12.4. The van der Waals surface area contributed by atoms with Gasteiger partial charge in [0.15, 0.2) is 0 Å². The van der Waals surface area contributed by atoms with Crippen molar-refractivity contribution in [3.63, 3.8) is 0 Å². The summed E-state index contributed by atoms with van der Waals surface area (Å²) in [5.41, 5.74) is 6.26. The average molecular weight is 397 g/mol. The molecule has 3 nitrogen and oxygen atoms in total. The fourth-order valence-corrected chi connectivity index (χ4v) is 3.87. The summed E-state index contributed by atoms with van der Waals surface area (Å²) < 4.78 is 2.29. The van der Waals surface area contributed by atoms with Gasteiger partial charge in [-0.05, 0) is 42.5 Å². The van der Waals surface area contributed by atoms with Crippen LogP contribution in [0.15, 0.2) is 85.1 Å². The van der Waals surface area contributed by atoms with Gasteiger partial charge in [0.25, 0.3) is 0 Å². The molecule has 1 aromatic heterocycles. The highest BCUT2D eigenvalue weighted by Crippen LogP contribution is 2.23. The summed E-state index contributed by atoms with van der Waals surface area (Å²) in [4.78, 5) is 12.4. The lowest BCUT2D eigenvalue weighted by Crippen LogP contribution is -2.25. The van der Waals surface area contributed by atoms with Gasteiger partial charge in [-0.3, -0.25) is 4.79 Å². The van der Waals surface area contributed by atoms with Crippen LogP contribution in [0.4, 0.5) is 0 Å². The summed E-state index contributed by atoms with van der Waals surface area (Å²) in [6.45, 7) is 3.62. The van der Waals surface area contributed by atoms with Crippen molar-refractivity contribution >= 4 is 16.8 Å². The fraction of sp³-hybridized carbons (Fsp3) is 0.222. The molecule has 0 radical (unpaired) electrons. The van der Waals surface area contributed by atoms with Crippen molar-refractivity contribution in [3.05, 3.63) is 107 Å². The molecule has 0 aliphatic heterocycles. The number of carbonyl (C=O) groups excluding carboxylic acids is 1. The monoisotopic (exact) mass is 396 g/mol. The van der Waals surface area contributed by atoms with Crippen LogP contribution in [0.25, 0.3) is 10.9 Å². The molecule has 4 rings (SSSR count). The summed E-state index contributed by atoms with van der Waals surface area (Å²) in [7, 11) is 0. The van der Waals surface area contributed by atoms with Crippen LogP contribution in [0.2, 0.25) is 0 Å². The zero-order valence-electron chi connectivity index (χ0n) is 17.5. The highest BCUT2D eigenvalue weighted by Gasteiger charge is 2.10. The van der Waals surface area contributed by atoms with E-state index in [0.717, 1.165) is 19.4 Å². The Hall–Kier alpha value is -3.33. The second kappa shape index (κ2) is 9.45. The number of amides is 1. The number of aromatic nitrogens is 1. The van der Waals surface area contributed by atoms with Crippen molar-refractivity contribution in [2.24, 2.45) is 0 Å². The Morgan fingerprint density at radius 1 is 0.833 bits per heavy atom. The van der Waals surface area contributed by atoms with Gasteiger partial charge in [0.05, 0.1) is 0 Å². The van der Waals surface area contributed by atoms with E-state index in [1.165, 1.54) is 33.2 Å². The van der Waals surface area contributed by atoms with Gasteiger partial charge in [0.1, 0.15) is 0 Å². The minimum atomic E-state index is 0.112. The number of aryl methyl sites for hydroxylation is 2. The Morgan fingerprint density at radius 3 is 2.37 bits per heavy atom. The maximum absolute atomic E-state index is 12.4. The van der Waals surface area contributed by atoms with Gasteiger partial charge >= 0.3 is 0 Å². The normalized spacial score (nSPS) is 11.0. The van der Waals surface area contributed by atoms with E-state index in [0.29, 0.717) is 13.0 Å². The van der Waals surface area contributed by atoms with Crippen molar-refractivity contribution in [2.75, 3.05) is 6.54 Å². The van der Waals surface area contributed by atoms with Crippen molar-refractivity contribution < 1.29 is 4.79 Å². The lowest BCUT2D eigenvalue weighted by Gasteiger charge is -2.06. The van der Waals surface area contributed by atoms with E-state index in [2.05, 4.69) is 83.7 Å². The number of benzene rings is 3. The average Bonchev–Trinajstić information content (AvgIpc) is 3.12. The molecule has 0 aliphatic rings. The van der Waals surface area contributed by atoms with E-state index >= 15 is 0 Å². The maximum Gasteiger partial charge on any atom is 0.220 e. The predicted octanol–water partition coefficient (Wildman–Crippen LogP) is 5.29. The molecule has 4 aromatic rings. The number of nitrogens with zero attached hydrogens (tertiary/aromatic N) is 1. The molecule has 3 heteroatoms. The second-order valence-electron chi connectivity index (χ2n) is 7.87. The Bertz CT molecular complexity index is 1110. The summed E-state index contributed by atoms with van der Waals surface area (Å²) in [5.74, 6) is 0.112. The largest absolute Gasteiger partial charge is 0.356 e. The molecule has 0 fully saturated rings. The minimum absolute atomic E-state index is 0.112. The van der Waals surface area contributed by atoms with E-state index in [9.17, 15) is 4.79 Å². The summed E-state index contributed by atoms with van der Waals surface area (Å²) in [6, 6.07) is 27.4. The Morgan fingerprint density at radius 2 is 1.57 bits per heavy atom. The van der Waals surface area contributed by atoms with Gasteiger partial charge in [-0.25, -0.2) is 0 Å². The van der Waals surface area contributed by atoms with Crippen LogP contribution >= 0.6 is 0 Å². The molecule has 1 heterocycles. The number of para-hydroxylation sites is 1. The van der Waals surface area contributed by atoms with Crippen LogP contribution < -0.4 is 5.32 Å². The molecule has 0 spiro atoms. The topological polar surface area (TPSA) is 34.0 Å². The molecule has 0 aliphatic carbocycles. The number of rotatable bonds is 8. The number of hydrogen-bond acceptors (Lipinski definition) is 1. The van der Waals surface area contributed by atoms with Crippen molar-refractivity contribution in [2.45, 2.75) is 32.7 Å². The predicted molar refractivity (Wildman–Crippen MR) is 124 cm³/mol. The summed E-state index contributed by atoms with van der Waals surface area (Å²) in [6.07, 6.45) is 4.33. The quantitative estimate of drug-likeness (QED) is 0.431. The lowest BCUT2D eigenvalue weighted by molar-refractivity contribution is -0.121. The zero-order valence-corrected chi connectivity index (χ0v) is 17.5. The van der Waals surface area contributed by atoms with E-state index < -0.39 is 0 Å². The van der Waals surface area contributed by atoms with Crippen molar-refractivity contribution in [1.29, 1.82) is 0 Å². The van der Waals surface area contributed by atoms with Crippen molar-refractivity contribution in [1.82, 2.24) is 9.88 Å². The fourth-order valence-electron chi connectivity index (χ4n) is 3.87. The molecule has 0 bridgehead atoms. The smallest absolute Gasteiger partial charge is 0.220 e. The third-order valence-corrected chi connectivity index (χ3v) is 5.54. The molecule has 3 aromatic carbocycles. The molecule has 1 amide bonds. The zero-order chi connectivity index (χ0) is 20.8. The first kappa shape index (κ1) is 20.0. The Labute approximate surface area is 178 Å². The van der Waals surface area contributed by atoms with Crippen LogP contribution in [0.5, 0.6) is 0 Å². The highest BCUT2D eigenvalue weighted by atomic mass is 16.1. The van der Waals surface area contributed by atoms with Crippen LogP contribution in [-0.2, 0) is 24.2 Å². The van der Waals surface area contributed by atoms with Gasteiger partial charge in [-0.2, -0.15) is 0 Å². The van der Waals surface area contributed by atoms with Crippen LogP contribution in [0, 0.1) is 6.92 Å². The van der Waals surface area contributed by atoms with E-state index in [4.69, 9.17) is 0 Å². The molecular weight excluding hydrogens is 368 g/mol. The third-order valence-electron chi connectivity index (χ3n) is 5.54. The van der Waals surface area contributed by atoms with Crippen molar-refractivity contribution in [3.8, 4) is 0 Å². The second-order valence-corrected chi connectivity index (χ2v) is 7.87. The summed E-state index contributed by atoms with van der Waals surface area (Å²) in [5, 5.41) is 4.29. The number of nitrogens with one attached hydrogen (secondary N) is 1. The van der Waals surface area contributed by atoms with Crippen LogP contribution in [-0.4, -0.2) is 17.0 Å². The van der Waals surface area contributed by atoms with Gasteiger partial charge in [0, 0.05) is 36.6 Å². The number of hydrogen-bond donors (Lipinski definition) is 1. The SMILES string of the molecule is Cc1ccc(Cn2cc(CCC(=O)NCCc3ccccc3)c3ccccc32)cc1. The first-order valence-electron chi connectivity index (χ1n) is 10.6. The number of carbonyl (C=O) groups is 1. The molecule has 1 N–H and O–H groups in total. The third kappa shape index (κ3) is 4.98. The molecule has 0 atom stereocenters. The van der Waals surface area contributed by atoms with E-state index in [-0.39, 0.29) is 5.91 Å². The first-order valence-corrected chi connectivity index (χ1v) is 10.6. The highest BCUT2D eigenvalue weighted by molar-refractivity contribution is 5.85. The molecule has 30 heavy (non-hydrogen) atoms. The van der Waals surface area contributed by atoms with Gasteiger partial charge in [-0.15, -0.1) is 0 Å². The minimum Gasteiger partial charge on any atom is -0.356 e. The van der Waals surface area contributed by atoms with Gasteiger partial charge < -0.3 is 9.88 Å². The molecule has 0 unspecified atom stereocenters. The summed E-state index contributed by atoms with van der Waals surface area (Å²) >= 11 is 0. The van der Waals surface area contributed by atoms with Crippen LogP contribution in [0.1, 0.15) is 28.7 Å². The van der Waals surface area contributed by atoms with E-state index in [1.54, 1.807) is 0 Å². The molecule has 0 saturated carbocycles. The van der Waals surface area contributed by atoms with Gasteiger partial charge in [-0.1, -0.05) is 78.4 Å². The first-order chi connectivity index (χ1) is 14.7. The Kier molecular flexibility index (Phi) is 6.29. The number of fused-ring (bicyclic) bond motifs is 1. The van der Waals surface area contributed by atoms with Crippen LogP contribution in [0.3, 0.4) is 0 Å². The Balaban J connectivity index is 1.39. The van der Waals surface area contributed by atoms with Gasteiger partial charge in [0.2, 0.25) is 5.91 Å². The molecular formula is C27H28N2O. The van der Waals surface area contributed by atoms with E-state index in [1.807, 2.05) is 18.2 Å². The standard InChI is InChI=1S/C27H28N2O/c1-21-11-13-23(14-12-21)19-29-20-24(25-9-5-6-10-26(25)29)15-16-27(30)28-18-17-22-7-3-2-4-8-22/h2-14,20H,15-19H2,1H3,(H,28,30). The molecule has 152 valence electrons. The lowest BCUT2D eigenvalue weighted by atomic mass is 10.1.